The molecule has 0 aliphatic rings. The number of nitrogens with zero attached hydrogens (tertiary/aromatic N) is 2. The fourth-order valence-electron chi connectivity index (χ4n) is 2.10. The number of rotatable bonds is 4. The van der Waals surface area contributed by atoms with E-state index < -0.39 is 0 Å². The molecule has 1 aromatic carbocycles. The molecule has 18 heavy (non-hydrogen) atoms. The van der Waals surface area contributed by atoms with Gasteiger partial charge in [-0.05, 0) is 30.5 Å². The van der Waals surface area contributed by atoms with Gasteiger partial charge in [0.15, 0.2) is 0 Å². The summed E-state index contributed by atoms with van der Waals surface area (Å²) in [4.78, 5) is 4.30. The number of hydrogen-bond donors (Lipinski definition) is 1. The Morgan fingerprint density at radius 2 is 2.22 bits per heavy atom. The quantitative estimate of drug-likeness (QED) is 0.922. The molecule has 0 amide bonds. The van der Waals surface area contributed by atoms with E-state index in [0.717, 1.165) is 34.8 Å². The normalized spacial score (nSPS) is 12.7. The Morgan fingerprint density at radius 3 is 2.89 bits per heavy atom. The molecule has 3 nitrogen and oxygen atoms in total. The molecular formula is C14H18ClN3. The first kappa shape index (κ1) is 13.1. The number of aryl methyl sites for hydroxylation is 2. The molecule has 4 heteroatoms. The van der Waals surface area contributed by atoms with Crippen molar-refractivity contribution >= 4 is 11.6 Å². The highest BCUT2D eigenvalue weighted by atomic mass is 35.5. The summed E-state index contributed by atoms with van der Waals surface area (Å²) in [6.07, 6.45) is 5.50. The van der Waals surface area contributed by atoms with Crippen LogP contribution in [0.1, 0.15) is 29.4 Å². The fourth-order valence-corrected chi connectivity index (χ4v) is 2.29. The fraction of sp³-hybridized carbons (Fsp3) is 0.357. The minimum atomic E-state index is 0.000370. The van der Waals surface area contributed by atoms with E-state index in [1.807, 2.05) is 49.1 Å². The van der Waals surface area contributed by atoms with Crippen molar-refractivity contribution in [3.63, 3.8) is 0 Å². The molecule has 0 saturated carbocycles. The first-order chi connectivity index (χ1) is 8.59. The van der Waals surface area contributed by atoms with Gasteiger partial charge in [0.05, 0.1) is 0 Å². The van der Waals surface area contributed by atoms with Gasteiger partial charge < -0.3 is 10.3 Å². The Morgan fingerprint density at radius 1 is 1.44 bits per heavy atom. The summed E-state index contributed by atoms with van der Waals surface area (Å²) in [5.74, 6) is 1.06. The monoisotopic (exact) mass is 263 g/mol. The van der Waals surface area contributed by atoms with Gasteiger partial charge in [0, 0.05) is 36.9 Å². The van der Waals surface area contributed by atoms with E-state index >= 15 is 0 Å². The second-order valence-corrected chi connectivity index (χ2v) is 4.96. The van der Waals surface area contributed by atoms with Crippen LogP contribution in [0.4, 0.5) is 0 Å². The molecule has 1 unspecified atom stereocenters. The van der Waals surface area contributed by atoms with Gasteiger partial charge in [0.25, 0.3) is 0 Å². The minimum absolute atomic E-state index is 0.000370. The van der Waals surface area contributed by atoms with Crippen molar-refractivity contribution < 1.29 is 0 Å². The van der Waals surface area contributed by atoms with E-state index in [2.05, 4.69) is 4.98 Å². The topological polar surface area (TPSA) is 43.8 Å². The first-order valence-electron chi connectivity index (χ1n) is 6.06. The predicted octanol–water partition coefficient (Wildman–Crippen LogP) is 3.01. The summed E-state index contributed by atoms with van der Waals surface area (Å²) < 4.78 is 2.03. The van der Waals surface area contributed by atoms with Crippen LogP contribution in [0.5, 0.6) is 0 Å². The highest BCUT2D eigenvalue weighted by Gasteiger charge is 2.11. The van der Waals surface area contributed by atoms with Crippen molar-refractivity contribution in [2.24, 2.45) is 12.8 Å². The Hall–Kier alpha value is -1.32. The molecule has 2 aromatic rings. The summed E-state index contributed by atoms with van der Waals surface area (Å²) in [6, 6.07) is 5.89. The molecule has 0 aliphatic carbocycles. The van der Waals surface area contributed by atoms with E-state index in [4.69, 9.17) is 17.3 Å². The zero-order chi connectivity index (χ0) is 13.1. The van der Waals surface area contributed by atoms with Crippen LogP contribution in [-0.2, 0) is 13.5 Å². The van der Waals surface area contributed by atoms with Gasteiger partial charge in [-0.3, -0.25) is 0 Å². The molecule has 0 spiro atoms. The maximum Gasteiger partial charge on any atom is 0.108 e. The van der Waals surface area contributed by atoms with E-state index in [9.17, 15) is 0 Å². The summed E-state index contributed by atoms with van der Waals surface area (Å²) in [7, 11) is 2.00. The van der Waals surface area contributed by atoms with Crippen LogP contribution in [-0.4, -0.2) is 9.55 Å². The number of halogens is 1. The summed E-state index contributed by atoms with van der Waals surface area (Å²) in [6.45, 7) is 2.01. The number of hydrogen-bond acceptors (Lipinski definition) is 2. The van der Waals surface area contributed by atoms with Crippen LogP contribution < -0.4 is 5.73 Å². The Balaban J connectivity index is 2.06. The number of nitrogens with two attached hydrogens (primary N) is 1. The van der Waals surface area contributed by atoms with Crippen LogP contribution in [0.2, 0.25) is 5.02 Å². The van der Waals surface area contributed by atoms with Crippen molar-refractivity contribution in [3.8, 4) is 0 Å². The molecule has 0 saturated heterocycles. The molecule has 1 atom stereocenters. The average molecular weight is 264 g/mol. The minimum Gasteiger partial charge on any atom is -0.338 e. The molecule has 96 valence electrons. The van der Waals surface area contributed by atoms with Crippen molar-refractivity contribution in [3.05, 3.63) is 52.6 Å². The van der Waals surface area contributed by atoms with Crippen LogP contribution in [0.3, 0.4) is 0 Å². The lowest BCUT2D eigenvalue weighted by atomic mass is 9.98. The lowest BCUT2D eigenvalue weighted by Crippen LogP contribution is -2.14. The highest BCUT2D eigenvalue weighted by Crippen LogP contribution is 2.25. The number of imidazole rings is 1. The van der Waals surface area contributed by atoms with Crippen molar-refractivity contribution in [1.82, 2.24) is 9.55 Å². The lowest BCUT2D eigenvalue weighted by Gasteiger charge is -2.15. The van der Waals surface area contributed by atoms with Crippen molar-refractivity contribution in [2.45, 2.75) is 25.8 Å². The van der Waals surface area contributed by atoms with Gasteiger partial charge in [-0.1, -0.05) is 23.7 Å². The number of aromatic nitrogens is 2. The van der Waals surface area contributed by atoms with E-state index in [0.29, 0.717) is 0 Å². The average Bonchev–Trinajstić information content (AvgIpc) is 2.75. The van der Waals surface area contributed by atoms with Crippen molar-refractivity contribution in [2.75, 3.05) is 0 Å². The Bertz CT molecular complexity index is 534. The zero-order valence-corrected chi connectivity index (χ0v) is 11.5. The largest absolute Gasteiger partial charge is 0.338 e. The molecule has 0 radical (unpaired) electrons. The molecule has 0 fully saturated rings. The van der Waals surface area contributed by atoms with Gasteiger partial charge in [-0.2, -0.15) is 0 Å². The van der Waals surface area contributed by atoms with Gasteiger partial charge in [0.2, 0.25) is 0 Å². The van der Waals surface area contributed by atoms with Crippen LogP contribution in [0.15, 0.2) is 30.6 Å². The lowest BCUT2D eigenvalue weighted by molar-refractivity contribution is 0.618. The third-order valence-electron chi connectivity index (χ3n) is 3.31. The molecule has 0 bridgehead atoms. The zero-order valence-electron chi connectivity index (χ0n) is 10.7. The van der Waals surface area contributed by atoms with Crippen LogP contribution in [0, 0.1) is 6.92 Å². The maximum absolute atomic E-state index is 6.24. The van der Waals surface area contributed by atoms with Gasteiger partial charge in [-0.15, -0.1) is 0 Å². The van der Waals surface area contributed by atoms with E-state index in [1.165, 1.54) is 0 Å². The molecular weight excluding hydrogens is 246 g/mol. The molecule has 2 N–H and O–H groups in total. The maximum atomic E-state index is 6.24. The van der Waals surface area contributed by atoms with Gasteiger partial charge in [-0.25, -0.2) is 4.98 Å². The highest BCUT2D eigenvalue weighted by molar-refractivity contribution is 6.31. The van der Waals surface area contributed by atoms with Crippen LogP contribution in [0.25, 0.3) is 0 Å². The molecule has 1 heterocycles. The SMILES string of the molecule is Cc1c(Cl)cccc1C(N)CCc1nccn1C. The van der Waals surface area contributed by atoms with Crippen LogP contribution >= 0.6 is 11.6 Å². The second kappa shape index (κ2) is 5.55. The number of benzene rings is 1. The first-order valence-corrected chi connectivity index (χ1v) is 6.44. The molecule has 1 aromatic heterocycles. The smallest absolute Gasteiger partial charge is 0.108 e. The standard InChI is InChI=1S/C14H18ClN3/c1-10-11(4-3-5-12(10)15)13(16)6-7-14-17-8-9-18(14)2/h3-5,8-9,13H,6-7,16H2,1-2H3. The molecule has 0 aliphatic heterocycles. The summed E-state index contributed by atoms with van der Waals surface area (Å²) in [5.41, 5.74) is 8.43. The second-order valence-electron chi connectivity index (χ2n) is 4.55. The predicted molar refractivity (Wildman–Crippen MR) is 74.6 cm³/mol. The summed E-state index contributed by atoms with van der Waals surface area (Å²) in [5, 5.41) is 0.778. The van der Waals surface area contributed by atoms with Crippen molar-refractivity contribution in [1.29, 1.82) is 0 Å². The van der Waals surface area contributed by atoms with E-state index in [1.54, 1.807) is 0 Å². The van der Waals surface area contributed by atoms with Gasteiger partial charge >= 0.3 is 0 Å². The Kier molecular flexibility index (Phi) is 4.04. The summed E-state index contributed by atoms with van der Waals surface area (Å²) >= 11 is 6.11. The third kappa shape index (κ3) is 2.74. The Labute approximate surface area is 113 Å². The van der Waals surface area contributed by atoms with Gasteiger partial charge in [0.1, 0.15) is 5.82 Å². The van der Waals surface area contributed by atoms with E-state index in [-0.39, 0.29) is 6.04 Å². The third-order valence-corrected chi connectivity index (χ3v) is 3.72. The molecule has 2 rings (SSSR count).